The molecule has 0 unspecified atom stereocenters. The summed E-state index contributed by atoms with van der Waals surface area (Å²) in [6.07, 6.45) is 5.05. The maximum Gasteiger partial charge on any atom is 0.281 e. The summed E-state index contributed by atoms with van der Waals surface area (Å²) in [6.45, 7) is 8.20. The van der Waals surface area contributed by atoms with Crippen LogP contribution in [0.2, 0.25) is 0 Å². The summed E-state index contributed by atoms with van der Waals surface area (Å²) in [7, 11) is -1.28. The Bertz CT molecular complexity index is 422. The molecule has 2 saturated heterocycles. The average molecular weight is 317 g/mol. The van der Waals surface area contributed by atoms with E-state index in [0.29, 0.717) is 37.5 Å². The van der Waals surface area contributed by atoms with E-state index >= 15 is 0 Å². The predicted octanol–water partition coefficient (Wildman–Crippen LogP) is 1.67. The lowest BCUT2D eigenvalue weighted by molar-refractivity contribution is 0.158. The molecule has 0 aliphatic carbocycles. The zero-order valence-corrected chi connectivity index (χ0v) is 14.6. The Morgan fingerprint density at radius 2 is 1.62 bits per heavy atom. The molecule has 1 N–H and O–H groups in total. The molecule has 2 aliphatic rings. The van der Waals surface area contributed by atoms with Gasteiger partial charge in [-0.1, -0.05) is 20.3 Å². The lowest BCUT2D eigenvalue weighted by Crippen LogP contribution is -2.51. The van der Waals surface area contributed by atoms with E-state index in [-0.39, 0.29) is 0 Å². The van der Waals surface area contributed by atoms with Gasteiger partial charge in [0.25, 0.3) is 10.2 Å². The van der Waals surface area contributed by atoms with Gasteiger partial charge in [-0.3, -0.25) is 0 Å². The Balaban J connectivity index is 1.91. The second-order valence-electron chi connectivity index (χ2n) is 6.97. The molecular weight excluding hydrogens is 286 g/mol. The molecule has 0 amide bonds. The number of hydrogen-bond donors (Lipinski definition) is 1. The van der Waals surface area contributed by atoms with Crippen molar-refractivity contribution in [3.63, 3.8) is 0 Å². The molecule has 0 aromatic rings. The van der Waals surface area contributed by atoms with Crippen molar-refractivity contribution in [2.24, 2.45) is 11.3 Å². The molecule has 2 heterocycles. The number of piperidine rings is 2. The number of hydrogen-bond acceptors (Lipinski definition) is 3. The van der Waals surface area contributed by atoms with Crippen molar-refractivity contribution < 1.29 is 8.42 Å². The molecule has 0 radical (unpaired) electrons. The minimum absolute atomic E-state index is 0.325. The normalized spacial score (nSPS) is 26.0. The molecule has 0 saturated carbocycles. The second kappa shape index (κ2) is 6.94. The fourth-order valence-corrected chi connectivity index (χ4v) is 5.05. The first kappa shape index (κ1) is 17.2. The van der Waals surface area contributed by atoms with Crippen LogP contribution in [0, 0.1) is 11.3 Å². The van der Waals surface area contributed by atoms with E-state index in [1.54, 1.807) is 8.61 Å². The molecule has 0 atom stereocenters. The van der Waals surface area contributed by atoms with E-state index in [1.165, 1.54) is 0 Å². The van der Waals surface area contributed by atoms with Gasteiger partial charge < -0.3 is 5.32 Å². The van der Waals surface area contributed by atoms with E-state index in [0.717, 1.165) is 38.6 Å². The summed E-state index contributed by atoms with van der Waals surface area (Å²) in [5.41, 5.74) is 0.325. The van der Waals surface area contributed by atoms with Gasteiger partial charge in [-0.25, -0.2) is 0 Å². The third kappa shape index (κ3) is 3.97. The van der Waals surface area contributed by atoms with E-state index < -0.39 is 10.2 Å². The first-order chi connectivity index (χ1) is 9.91. The molecule has 0 bridgehead atoms. The predicted molar refractivity (Wildman–Crippen MR) is 86.3 cm³/mol. The van der Waals surface area contributed by atoms with Crippen LogP contribution >= 0.6 is 0 Å². The zero-order valence-electron chi connectivity index (χ0n) is 13.8. The quantitative estimate of drug-likeness (QED) is 0.839. The van der Waals surface area contributed by atoms with Crippen molar-refractivity contribution in [2.75, 3.05) is 39.8 Å². The van der Waals surface area contributed by atoms with Crippen molar-refractivity contribution in [1.82, 2.24) is 13.9 Å². The van der Waals surface area contributed by atoms with Crippen molar-refractivity contribution in [3.05, 3.63) is 0 Å². The van der Waals surface area contributed by atoms with Crippen LogP contribution < -0.4 is 5.32 Å². The summed E-state index contributed by atoms with van der Waals surface area (Å²) < 4.78 is 28.9. The van der Waals surface area contributed by atoms with Gasteiger partial charge in [-0.05, 0) is 50.6 Å². The van der Waals surface area contributed by atoms with Crippen LogP contribution in [0.25, 0.3) is 0 Å². The highest BCUT2D eigenvalue weighted by Gasteiger charge is 2.37. The molecule has 2 aliphatic heterocycles. The molecule has 0 aromatic heterocycles. The van der Waals surface area contributed by atoms with E-state index in [4.69, 9.17) is 0 Å². The van der Waals surface area contributed by atoms with Gasteiger partial charge in [0.1, 0.15) is 0 Å². The van der Waals surface area contributed by atoms with Gasteiger partial charge in [-0.2, -0.15) is 17.0 Å². The Kier molecular flexibility index (Phi) is 5.68. The topological polar surface area (TPSA) is 52.7 Å². The Hall–Kier alpha value is -0.170. The lowest BCUT2D eigenvalue weighted by Gasteiger charge is -2.41. The number of nitrogens with one attached hydrogen (secondary N) is 1. The van der Waals surface area contributed by atoms with E-state index in [9.17, 15) is 8.42 Å². The van der Waals surface area contributed by atoms with Crippen molar-refractivity contribution in [1.29, 1.82) is 0 Å². The van der Waals surface area contributed by atoms with Crippen LogP contribution in [-0.2, 0) is 10.2 Å². The third-order valence-corrected chi connectivity index (χ3v) is 7.54. The summed E-state index contributed by atoms with van der Waals surface area (Å²) >= 11 is 0. The molecule has 2 rings (SSSR count). The fraction of sp³-hybridized carbons (Fsp3) is 1.00. The number of rotatable bonds is 5. The highest BCUT2D eigenvalue weighted by Crippen LogP contribution is 2.35. The van der Waals surface area contributed by atoms with Crippen molar-refractivity contribution >= 4 is 10.2 Å². The summed E-state index contributed by atoms with van der Waals surface area (Å²) in [5.74, 6) is 0.617. The summed E-state index contributed by atoms with van der Waals surface area (Å²) in [4.78, 5) is 0. The van der Waals surface area contributed by atoms with Crippen LogP contribution in [0.5, 0.6) is 0 Å². The Labute approximate surface area is 130 Å². The Morgan fingerprint density at radius 3 is 2.10 bits per heavy atom. The van der Waals surface area contributed by atoms with E-state index in [2.05, 4.69) is 19.2 Å². The third-order valence-electron chi connectivity index (χ3n) is 5.50. The molecule has 5 nitrogen and oxygen atoms in total. The minimum atomic E-state index is -3.24. The molecule has 2 fully saturated rings. The first-order valence-electron chi connectivity index (χ1n) is 8.31. The molecule has 0 aromatic carbocycles. The SMILES string of the molecule is CCC1(C)CCN(S(=O)(=O)N2CCC(CNC)CC2)CC1. The zero-order chi connectivity index (χ0) is 15.5. The fourth-order valence-electron chi connectivity index (χ4n) is 3.41. The maximum atomic E-state index is 12.7. The molecular formula is C15H31N3O2S. The van der Waals surface area contributed by atoms with E-state index in [1.807, 2.05) is 7.05 Å². The summed E-state index contributed by atoms with van der Waals surface area (Å²) in [6, 6.07) is 0. The highest BCUT2D eigenvalue weighted by molar-refractivity contribution is 7.86. The van der Waals surface area contributed by atoms with Crippen LogP contribution in [0.15, 0.2) is 0 Å². The van der Waals surface area contributed by atoms with Crippen LogP contribution in [0.4, 0.5) is 0 Å². The maximum absolute atomic E-state index is 12.7. The van der Waals surface area contributed by atoms with Gasteiger partial charge in [0.15, 0.2) is 0 Å². The standard InChI is InChI=1S/C15H31N3O2S/c1-4-15(2)7-11-18(12-8-15)21(19,20)17-9-5-14(6-10-17)13-16-3/h14,16H,4-13H2,1-3H3. The van der Waals surface area contributed by atoms with Crippen LogP contribution in [0.3, 0.4) is 0 Å². The smallest absolute Gasteiger partial charge is 0.281 e. The molecule has 6 heteroatoms. The lowest BCUT2D eigenvalue weighted by atomic mass is 9.79. The van der Waals surface area contributed by atoms with Gasteiger partial charge in [0.05, 0.1) is 0 Å². The second-order valence-corrected chi connectivity index (χ2v) is 8.90. The average Bonchev–Trinajstić information content (AvgIpc) is 2.49. The first-order valence-corrected chi connectivity index (χ1v) is 9.71. The molecule has 21 heavy (non-hydrogen) atoms. The summed E-state index contributed by atoms with van der Waals surface area (Å²) in [5, 5.41) is 3.19. The molecule has 0 spiro atoms. The van der Waals surface area contributed by atoms with Gasteiger partial charge in [-0.15, -0.1) is 0 Å². The van der Waals surface area contributed by atoms with Crippen LogP contribution in [-0.4, -0.2) is 56.8 Å². The minimum Gasteiger partial charge on any atom is -0.319 e. The van der Waals surface area contributed by atoms with Crippen molar-refractivity contribution in [3.8, 4) is 0 Å². The monoisotopic (exact) mass is 317 g/mol. The van der Waals surface area contributed by atoms with Crippen molar-refractivity contribution in [2.45, 2.75) is 46.0 Å². The largest absolute Gasteiger partial charge is 0.319 e. The van der Waals surface area contributed by atoms with Crippen LogP contribution in [0.1, 0.15) is 46.0 Å². The van der Waals surface area contributed by atoms with Gasteiger partial charge in [0, 0.05) is 26.2 Å². The van der Waals surface area contributed by atoms with Gasteiger partial charge in [0.2, 0.25) is 0 Å². The Morgan fingerprint density at radius 1 is 1.10 bits per heavy atom. The highest BCUT2D eigenvalue weighted by atomic mass is 32.2. The number of nitrogens with zero attached hydrogens (tertiary/aromatic N) is 2. The van der Waals surface area contributed by atoms with Gasteiger partial charge >= 0.3 is 0 Å². The molecule has 124 valence electrons.